The number of aliphatic hydroxyl groups is 1. The van der Waals surface area contributed by atoms with Gasteiger partial charge in [-0.1, -0.05) is 27.7 Å². The average molecular weight is 236 g/mol. The molecule has 0 aromatic rings. The van der Waals surface area contributed by atoms with Crippen LogP contribution in [-0.4, -0.2) is 16.5 Å². The highest BCUT2D eigenvalue weighted by Crippen LogP contribution is 2.68. The Morgan fingerprint density at radius 1 is 1.18 bits per heavy atom. The number of carbonyl (C=O) groups excluding carboxylic acids is 1. The molecule has 0 radical (unpaired) electrons. The van der Waals surface area contributed by atoms with Crippen LogP contribution in [0.25, 0.3) is 0 Å². The Labute approximate surface area is 104 Å². The third-order valence-electron chi connectivity index (χ3n) is 6.37. The number of hydrogen-bond donors (Lipinski definition) is 1. The summed E-state index contributed by atoms with van der Waals surface area (Å²) in [5, 5.41) is 10.8. The Bertz CT molecular complexity index is 386. The monoisotopic (exact) mass is 236 g/mol. The lowest BCUT2D eigenvalue weighted by molar-refractivity contribution is -0.237. The zero-order valence-corrected chi connectivity index (χ0v) is 11.4. The van der Waals surface area contributed by atoms with Gasteiger partial charge in [-0.15, -0.1) is 0 Å². The maximum absolute atomic E-state index is 12.5. The number of ketones is 1. The Balaban J connectivity index is 2.04. The van der Waals surface area contributed by atoms with Gasteiger partial charge >= 0.3 is 0 Å². The molecule has 0 spiro atoms. The van der Waals surface area contributed by atoms with E-state index in [0.717, 1.165) is 25.7 Å². The molecule has 17 heavy (non-hydrogen) atoms. The van der Waals surface area contributed by atoms with Gasteiger partial charge in [0.2, 0.25) is 0 Å². The van der Waals surface area contributed by atoms with Crippen molar-refractivity contribution < 1.29 is 9.90 Å². The van der Waals surface area contributed by atoms with Crippen molar-refractivity contribution in [2.24, 2.45) is 28.6 Å². The minimum atomic E-state index is -0.703. The number of rotatable bonds is 0. The molecular weight excluding hydrogens is 212 g/mol. The zero-order chi connectivity index (χ0) is 12.6. The van der Waals surface area contributed by atoms with Crippen LogP contribution in [0.5, 0.6) is 0 Å². The minimum absolute atomic E-state index is 0.00123. The molecule has 0 bridgehead atoms. The number of Topliss-reactive ketones (excluding diaryl/α,β-unsaturated/α-hetero) is 1. The van der Waals surface area contributed by atoms with Gasteiger partial charge in [-0.3, -0.25) is 4.79 Å². The van der Waals surface area contributed by atoms with Crippen molar-refractivity contribution in [2.75, 3.05) is 0 Å². The summed E-state index contributed by atoms with van der Waals surface area (Å²) in [5.74, 6) is 0.808. The van der Waals surface area contributed by atoms with Gasteiger partial charge in [0.1, 0.15) is 5.78 Å². The molecule has 0 aliphatic heterocycles. The fraction of sp³-hybridized carbons (Fsp3) is 0.933. The first-order valence-electron chi connectivity index (χ1n) is 6.97. The summed E-state index contributed by atoms with van der Waals surface area (Å²) in [7, 11) is 0. The van der Waals surface area contributed by atoms with E-state index in [1.165, 1.54) is 0 Å². The van der Waals surface area contributed by atoms with Crippen LogP contribution in [0, 0.1) is 28.6 Å². The Morgan fingerprint density at radius 2 is 1.82 bits per heavy atom. The molecular formula is C15H24O2. The lowest BCUT2D eigenvalue weighted by Gasteiger charge is -2.64. The second-order valence-corrected chi connectivity index (χ2v) is 7.75. The van der Waals surface area contributed by atoms with E-state index in [1.807, 2.05) is 6.92 Å². The van der Waals surface area contributed by atoms with Crippen molar-refractivity contribution in [3.8, 4) is 0 Å². The highest BCUT2D eigenvalue weighted by Gasteiger charge is 2.70. The van der Waals surface area contributed by atoms with Gasteiger partial charge in [0, 0.05) is 17.3 Å². The molecule has 0 aromatic carbocycles. The van der Waals surface area contributed by atoms with Gasteiger partial charge in [0.15, 0.2) is 0 Å². The second kappa shape index (κ2) is 2.96. The smallest absolute Gasteiger partial charge is 0.141 e. The third kappa shape index (κ3) is 1.18. The standard InChI is InChI=1S/C15H24O2/c1-9-12(16)10-7-13(2,3)8-11(10)14(4)5-6-15(9,14)17/h9-11,17H,5-8H2,1-4H3/t9-,10-,11+,14-,15-/m1/s1. The van der Waals surface area contributed by atoms with Crippen molar-refractivity contribution >= 4 is 5.78 Å². The summed E-state index contributed by atoms with van der Waals surface area (Å²) in [4.78, 5) is 12.5. The number of hydrogen-bond acceptors (Lipinski definition) is 2. The number of carbonyl (C=O) groups is 1. The molecule has 3 aliphatic rings. The Kier molecular flexibility index (Phi) is 2.04. The SMILES string of the molecule is C[C@@H]1C(=O)[C@@H]2CC(C)(C)C[C@@H]2[C@@]2(C)CC[C@@]12O. The normalized spacial score (nSPS) is 56.1. The molecule has 2 heteroatoms. The van der Waals surface area contributed by atoms with Crippen LogP contribution in [0.2, 0.25) is 0 Å². The first-order chi connectivity index (χ1) is 7.71. The van der Waals surface area contributed by atoms with Crippen LogP contribution in [0.1, 0.15) is 53.4 Å². The van der Waals surface area contributed by atoms with Crippen molar-refractivity contribution in [1.29, 1.82) is 0 Å². The lowest BCUT2D eigenvalue weighted by atomic mass is 9.42. The summed E-state index contributed by atoms with van der Waals surface area (Å²) in [6, 6.07) is 0. The van der Waals surface area contributed by atoms with Crippen molar-refractivity contribution in [2.45, 2.75) is 59.0 Å². The highest BCUT2D eigenvalue weighted by molar-refractivity contribution is 5.86. The van der Waals surface area contributed by atoms with E-state index in [4.69, 9.17) is 0 Å². The fourth-order valence-corrected chi connectivity index (χ4v) is 5.08. The van der Waals surface area contributed by atoms with Crippen LogP contribution in [-0.2, 0) is 4.79 Å². The van der Waals surface area contributed by atoms with E-state index in [9.17, 15) is 9.90 Å². The van der Waals surface area contributed by atoms with Gasteiger partial charge in [-0.2, -0.15) is 0 Å². The molecule has 3 aliphatic carbocycles. The molecule has 1 N–H and O–H groups in total. The van der Waals surface area contributed by atoms with E-state index >= 15 is 0 Å². The summed E-state index contributed by atoms with van der Waals surface area (Å²) in [6.07, 6.45) is 4.04. The molecule has 96 valence electrons. The lowest BCUT2D eigenvalue weighted by Crippen LogP contribution is -2.69. The van der Waals surface area contributed by atoms with Crippen molar-refractivity contribution in [3.63, 3.8) is 0 Å². The average Bonchev–Trinajstić information content (AvgIpc) is 2.58. The quantitative estimate of drug-likeness (QED) is 0.702. The van der Waals surface area contributed by atoms with Crippen molar-refractivity contribution in [1.82, 2.24) is 0 Å². The third-order valence-corrected chi connectivity index (χ3v) is 6.37. The minimum Gasteiger partial charge on any atom is -0.389 e. The largest absolute Gasteiger partial charge is 0.389 e. The molecule has 3 saturated carbocycles. The van der Waals surface area contributed by atoms with Crippen LogP contribution >= 0.6 is 0 Å². The van der Waals surface area contributed by atoms with E-state index < -0.39 is 5.60 Å². The summed E-state index contributed by atoms with van der Waals surface area (Å²) >= 11 is 0. The van der Waals surface area contributed by atoms with Gasteiger partial charge in [0.25, 0.3) is 0 Å². The highest BCUT2D eigenvalue weighted by atomic mass is 16.3. The maximum atomic E-state index is 12.5. The molecule has 0 aromatic heterocycles. The molecule has 3 fully saturated rings. The first kappa shape index (κ1) is 11.7. The molecule has 0 heterocycles. The second-order valence-electron chi connectivity index (χ2n) is 7.75. The predicted molar refractivity (Wildman–Crippen MR) is 66.5 cm³/mol. The van der Waals surface area contributed by atoms with Crippen molar-refractivity contribution in [3.05, 3.63) is 0 Å². The fourth-order valence-electron chi connectivity index (χ4n) is 5.08. The first-order valence-corrected chi connectivity index (χ1v) is 6.97. The Hall–Kier alpha value is -0.370. The van der Waals surface area contributed by atoms with Gasteiger partial charge in [0.05, 0.1) is 5.60 Å². The van der Waals surface area contributed by atoms with Gasteiger partial charge in [-0.25, -0.2) is 0 Å². The molecule has 2 nitrogen and oxygen atoms in total. The summed E-state index contributed by atoms with van der Waals surface area (Å²) in [5.41, 5.74) is -0.432. The van der Waals surface area contributed by atoms with E-state index in [0.29, 0.717) is 11.7 Å². The van der Waals surface area contributed by atoms with Gasteiger partial charge in [-0.05, 0) is 37.0 Å². The number of fused-ring (bicyclic) bond motifs is 3. The van der Waals surface area contributed by atoms with Crippen LogP contribution < -0.4 is 0 Å². The topological polar surface area (TPSA) is 37.3 Å². The molecule has 5 atom stereocenters. The molecule has 3 rings (SSSR count). The van der Waals surface area contributed by atoms with Crippen LogP contribution in [0.3, 0.4) is 0 Å². The predicted octanol–water partition coefficient (Wildman–Crippen LogP) is 2.79. The maximum Gasteiger partial charge on any atom is 0.141 e. The van der Waals surface area contributed by atoms with Gasteiger partial charge < -0.3 is 5.11 Å². The summed E-state index contributed by atoms with van der Waals surface area (Å²) < 4.78 is 0. The van der Waals surface area contributed by atoms with Crippen LogP contribution in [0.15, 0.2) is 0 Å². The Morgan fingerprint density at radius 3 is 2.35 bits per heavy atom. The van der Waals surface area contributed by atoms with E-state index in [-0.39, 0.29) is 22.7 Å². The summed E-state index contributed by atoms with van der Waals surface area (Å²) in [6.45, 7) is 8.70. The molecule has 0 amide bonds. The molecule has 0 unspecified atom stereocenters. The van der Waals surface area contributed by atoms with E-state index in [1.54, 1.807) is 0 Å². The van der Waals surface area contributed by atoms with E-state index in [2.05, 4.69) is 20.8 Å². The van der Waals surface area contributed by atoms with Crippen LogP contribution in [0.4, 0.5) is 0 Å². The molecule has 0 saturated heterocycles. The zero-order valence-electron chi connectivity index (χ0n) is 11.4.